The minimum atomic E-state index is 0.923. The highest BCUT2D eigenvalue weighted by Gasteiger charge is 2.29. The molecule has 1 heterocycles. The minimum absolute atomic E-state index is 0.923. The van der Waals surface area contributed by atoms with Crippen LogP contribution in [0.2, 0.25) is 0 Å². The molecule has 0 spiro atoms. The standard InChI is InChI=1S/C46H50B22O/c47-25-14(18-23(33(55)37(25)59)35(57)45(67)41(63)28(18)50)7-2-4-11-10(5-7)9-3-1-8(6-12(9)69-11)13-16-19(30(52)42(64)39(61)26(16)48)15(20-17(13)27(49)40(62)43(65)31(20)53)21-22-24(34(56)38(60)29(21)51)36(58)46(68)44(66)32(22)54/h1-6H,47-68H2. The number of rotatable bonds is 3. The first-order valence-electron chi connectivity index (χ1n) is 25.4. The fourth-order valence-corrected chi connectivity index (χ4v) is 13.3. The lowest BCUT2D eigenvalue weighted by molar-refractivity contribution is 0.669. The van der Waals surface area contributed by atoms with Crippen molar-refractivity contribution in [3.8, 4) is 33.4 Å². The van der Waals surface area contributed by atoms with Gasteiger partial charge in [-0.25, -0.2) is 0 Å². The van der Waals surface area contributed by atoms with Crippen LogP contribution in [-0.4, -0.2) is 173 Å². The van der Waals surface area contributed by atoms with Crippen LogP contribution in [0.3, 0.4) is 0 Å². The van der Waals surface area contributed by atoms with Gasteiger partial charge in [0, 0.05) is 10.8 Å². The lowest BCUT2D eigenvalue weighted by atomic mass is 9.56. The van der Waals surface area contributed by atoms with Crippen LogP contribution in [-0.2, 0) is 0 Å². The molecule has 1 nitrogen and oxygen atoms in total. The van der Waals surface area contributed by atoms with Crippen LogP contribution in [0.4, 0.5) is 0 Å². The van der Waals surface area contributed by atoms with Crippen LogP contribution in [0.25, 0.3) is 98.4 Å². The first-order valence-corrected chi connectivity index (χ1v) is 25.4. The molecule has 23 heteroatoms. The van der Waals surface area contributed by atoms with Gasteiger partial charge in [0.1, 0.15) is 184 Å². The van der Waals surface area contributed by atoms with Gasteiger partial charge in [0.05, 0.1) is 0 Å². The molecule has 69 heavy (non-hydrogen) atoms. The SMILES string of the molecule is Bc1c(B)c(B)c2c(-c3ccc4oc5cc(-c6c7c(B)c(B)c(B)c(B)c7c(-c7c(B)c(B)c(B)c8c(B)c(B)c(B)c(B)c78)c7c(B)c(B)c(B)c(B)c67)ccc5c4c3)c(B)c(B)c(B)c2c1B. The van der Waals surface area contributed by atoms with Crippen LogP contribution in [0.5, 0.6) is 0 Å². The quantitative estimate of drug-likeness (QED) is 0.127. The summed E-state index contributed by atoms with van der Waals surface area (Å²) in [4.78, 5) is 0. The van der Waals surface area contributed by atoms with Crippen LogP contribution in [0, 0.1) is 0 Å². The molecule has 0 bridgehead atoms. The van der Waals surface area contributed by atoms with E-state index in [4.69, 9.17) is 4.42 Å². The van der Waals surface area contributed by atoms with Gasteiger partial charge in [0.15, 0.2) is 0 Å². The Morgan fingerprint density at radius 1 is 0.203 bits per heavy atom. The van der Waals surface area contributed by atoms with Gasteiger partial charge in [-0.15, -0.1) is 54.6 Å². The second-order valence-electron chi connectivity index (χ2n) is 21.8. The van der Waals surface area contributed by atoms with E-state index in [9.17, 15) is 0 Å². The van der Waals surface area contributed by atoms with E-state index in [0.29, 0.717) is 0 Å². The molecule has 0 unspecified atom stereocenters. The maximum absolute atomic E-state index is 6.99. The number of hydrogen-bond donors (Lipinski definition) is 0. The molecule has 0 aliphatic heterocycles. The summed E-state index contributed by atoms with van der Waals surface area (Å²) in [5.41, 5.74) is 40.2. The molecule has 0 amide bonds. The number of benzene rings is 9. The smallest absolute Gasteiger partial charge is 0.139 e. The third kappa shape index (κ3) is 6.35. The highest BCUT2D eigenvalue weighted by Crippen LogP contribution is 2.43. The summed E-state index contributed by atoms with van der Waals surface area (Å²) in [6.45, 7) is 0. The van der Waals surface area contributed by atoms with Crippen LogP contribution < -0.4 is 120 Å². The van der Waals surface area contributed by atoms with Crippen molar-refractivity contribution >= 4 is 358 Å². The topological polar surface area (TPSA) is 13.1 Å². The van der Waals surface area contributed by atoms with Gasteiger partial charge in [-0.3, -0.25) is 0 Å². The van der Waals surface area contributed by atoms with E-state index >= 15 is 0 Å². The number of fused-ring (bicyclic) bond motifs is 7. The molecule has 0 aliphatic rings. The largest absolute Gasteiger partial charge is 0.456 e. The Kier molecular flexibility index (Phi) is 11.4. The van der Waals surface area contributed by atoms with E-state index in [1.807, 2.05) is 0 Å². The fourth-order valence-electron chi connectivity index (χ4n) is 13.3. The summed E-state index contributed by atoms with van der Waals surface area (Å²) in [7, 11) is 51.6. The van der Waals surface area contributed by atoms with Gasteiger partial charge in [-0.1, -0.05) is 77.7 Å². The summed E-state index contributed by atoms with van der Waals surface area (Å²) >= 11 is 0. The molecule has 10 rings (SSSR count). The van der Waals surface area contributed by atoms with Crippen LogP contribution >= 0.6 is 0 Å². The maximum atomic E-state index is 6.99. The maximum Gasteiger partial charge on any atom is 0.139 e. The summed E-state index contributed by atoms with van der Waals surface area (Å²) in [6.07, 6.45) is 0. The molecule has 0 radical (unpaired) electrons. The van der Waals surface area contributed by atoms with E-state index < -0.39 is 0 Å². The summed E-state index contributed by atoms with van der Waals surface area (Å²) in [5.74, 6) is 0. The van der Waals surface area contributed by atoms with E-state index in [1.54, 1.807) is 0 Å². The van der Waals surface area contributed by atoms with Crippen molar-refractivity contribution < 1.29 is 4.42 Å². The molecule has 0 saturated carbocycles. The Morgan fingerprint density at radius 3 is 0.899 bits per heavy atom. The monoisotopic (exact) mass is 861 g/mol. The Balaban J connectivity index is 1.35. The minimum Gasteiger partial charge on any atom is -0.456 e. The van der Waals surface area contributed by atoms with Gasteiger partial charge in [-0.2, -0.15) is 0 Å². The van der Waals surface area contributed by atoms with E-state index in [0.717, 1.165) is 21.9 Å². The van der Waals surface area contributed by atoms with Gasteiger partial charge in [-0.05, 0) is 101 Å². The lowest BCUT2D eigenvalue weighted by Gasteiger charge is -2.31. The van der Waals surface area contributed by atoms with Gasteiger partial charge in [0.25, 0.3) is 0 Å². The van der Waals surface area contributed by atoms with E-state index in [2.05, 4.69) is 209 Å². The Morgan fingerprint density at radius 2 is 0.493 bits per heavy atom. The molecule has 0 N–H and O–H groups in total. The van der Waals surface area contributed by atoms with Crippen molar-refractivity contribution in [1.29, 1.82) is 0 Å². The van der Waals surface area contributed by atoms with Gasteiger partial charge < -0.3 is 4.42 Å². The van der Waals surface area contributed by atoms with Crippen molar-refractivity contribution in [1.82, 2.24) is 0 Å². The van der Waals surface area contributed by atoms with E-state index in [1.165, 1.54) is 197 Å². The van der Waals surface area contributed by atoms with Crippen molar-refractivity contribution in [3.05, 3.63) is 36.4 Å². The van der Waals surface area contributed by atoms with Crippen LogP contribution in [0.1, 0.15) is 0 Å². The van der Waals surface area contributed by atoms with Crippen molar-refractivity contribution in [2.24, 2.45) is 0 Å². The Labute approximate surface area is 429 Å². The third-order valence-corrected chi connectivity index (χ3v) is 19.3. The molecule has 0 atom stereocenters. The van der Waals surface area contributed by atoms with Crippen LogP contribution in [0.15, 0.2) is 40.8 Å². The van der Waals surface area contributed by atoms with Crippen molar-refractivity contribution in [2.45, 2.75) is 0 Å². The second kappa shape index (κ2) is 16.4. The predicted octanol–water partition coefficient (Wildman–Crippen LogP) is -25.1. The predicted molar refractivity (Wildman–Crippen MR) is 380 cm³/mol. The molecule has 10 aromatic rings. The summed E-state index contributed by atoms with van der Waals surface area (Å²) < 4.78 is 6.99. The van der Waals surface area contributed by atoms with E-state index in [-0.39, 0.29) is 0 Å². The zero-order valence-electron chi connectivity index (χ0n) is 45.9. The molecule has 306 valence electrons. The molecule has 0 fully saturated rings. The number of furan rings is 1. The van der Waals surface area contributed by atoms with Crippen molar-refractivity contribution in [3.63, 3.8) is 0 Å². The lowest BCUT2D eigenvalue weighted by Crippen LogP contribution is -2.53. The van der Waals surface area contributed by atoms with Gasteiger partial charge >= 0.3 is 0 Å². The fraction of sp³-hybridized carbons (Fsp3) is 0. The molecule has 1 aromatic heterocycles. The highest BCUT2D eigenvalue weighted by atomic mass is 16.3. The Hall–Kier alpha value is -4.75. The molecule has 0 aliphatic carbocycles. The highest BCUT2D eigenvalue weighted by molar-refractivity contribution is 6.76. The number of hydrogen-bond acceptors (Lipinski definition) is 1. The summed E-state index contributed by atoms with van der Waals surface area (Å²) in [6, 6.07) is 14.0. The average Bonchev–Trinajstić information content (AvgIpc) is 3.70. The average molecular weight is 857 g/mol. The molecule has 9 aromatic carbocycles. The first kappa shape index (κ1) is 47.9. The van der Waals surface area contributed by atoms with Gasteiger partial charge in [0.2, 0.25) is 0 Å². The molecule has 0 saturated heterocycles. The molecular formula is C46H50B22O. The first-order chi connectivity index (χ1) is 32.5. The summed E-state index contributed by atoms with van der Waals surface area (Å²) in [5, 5.41) is 13.4. The Bertz CT molecular complexity index is 4000. The second-order valence-corrected chi connectivity index (χ2v) is 21.8. The zero-order chi connectivity index (χ0) is 50.0. The third-order valence-electron chi connectivity index (χ3n) is 19.3. The molecular weight excluding hydrogens is 806 g/mol. The van der Waals surface area contributed by atoms with Crippen molar-refractivity contribution in [2.75, 3.05) is 0 Å². The zero-order valence-corrected chi connectivity index (χ0v) is 45.9. The normalized spacial score (nSPS) is 11.9.